The highest BCUT2D eigenvalue weighted by Crippen LogP contribution is 2.40. The number of aliphatic hydroxyl groups is 1. The lowest BCUT2D eigenvalue weighted by Crippen LogP contribution is -2.42. The van der Waals surface area contributed by atoms with Gasteiger partial charge in [-0.05, 0) is 47.2 Å². The van der Waals surface area contributed by atoms with E-state index in [1.54, 1.807) is 29.2 Å². The average Bonchev–Trinajstić information content (AvgIpc) is 3.15. The Labute approximate surface area is 225 Å². The van der Waals surface area contributed by atoms with Gasteiger partial charge in [0, 0.05) is 31.7 Å². The lowest BCUT2D eigenvalue weighted by Gasteiger charge is -2.31. The van der Waals surface area contributed by atoms with E-state index in [4.69, 9.17) is 9.47 Å². The van der Waals surface area contributed by atoms with Crippen molar-refractivity contribution >= 4 is 17.4 Å². The number of ether oxygens (including phenoxy) is 2. The molecule has 0 bridgehead atoms. The predicted octanol–water partition coefficient (Wildman–Crippen LogP) is 4.61. The summed E-state index contributed by atoms with van der Waals surface area (Å²) in [7, 11) is 0. The minimum atomic E-state index is -0.679. The predicted molar refractivity (Wildman–Crippen MR) is 148 cm³/mol. The number of carbonyl (C=O) groups excluding carboxylic acids is 2. The molecule has 7 nitrogen and oxygen atoms in total. The molecule has 0 aliphatic carbocycles. The zero-order valence-electron chi connectivity index (χ0n) is 22.8. The van der Waals surface area contributed by atoms with Crippen molar-refractivity contribution in [2.75, 3.05) is 46.0 Å². The second-order valence-electron chi connectivity index (χ2n) is 10.9. The van der Waals surface area contributed by atoms with Crippen LogP contribution in [-0.2, 0) is 19.7 Å². The number of carbonyl (C=O) groups is 2. The molecule has 2 aromatic carbocycles. The molecule has 1 atom stereocenters. The van der Waals surface area contributed by atoms with Gasteiger partial charge < -0.3 is 19.5 Å². The molecule has 2 aromatic rings. The zero-order valence-corrected chi connectivity index (χ0v) is 22.8. The summed E-state index contributed by atoms with van der Waals surface area (Å²) in [5, 5.41) is 11.5. The number of hydrogen-bond acceptors (Lipinski definition) is 6. The number of amides is 1. The minimum Gasteiger partial charge on any atom is -0.507 e. The molecule has 1 N–H and O–H groups in total. The number of aliphatic hydroxyl groups excluding tert-OH is 1. The molecule has 2 aliphatic rings. The maximum atomic E-state index is 13.4. The van der Waals surface area contributed by atoms with Crippen molar-refractivity contribution in [2.24, 2.45) is 0 Å². The van der Waals surface area contributed by atoms with Gasteiger partial charge >= 0.3 is 0 Å². The summed E-state index contributed by atoms with van der Waals surface area (Å²) < 4.78 is 11.1. The quantitative estimate of drug-likeness (QED) is 0.238. The first-order valence-corrected chi connectivity index (χ1v) is 13.2. The van der Waals surface area contributed by atoms with E-state index in [2.05, 4.69) is 32.3 Å². The van der Waals surface area contributed by atoms with Crippen molar-refractivity contribution in [3.05, 3.63) is 82.9 Å². The van der Waals surface area contributed by atoms with Gasteiger partial charge in [-0.2, -0.15) is 0 Å². The number of morpholine rings is 1. The number of ketones is 1. The van der Waals surface area contributed by atoms with E-state index in [-0.39, 0.29) is 16.7 Å². The Morgan fingerprint density at radius 2 is 1.79 bits per heavy atom. The van der Waals surface area contributed by atoms with Crippen molar-refractivity contribution < 1.29 is 24.2 Å². The Balaban J connectivity index is 1.75. The van der Waals surface area contributed by atoms with Crippen molar-refractivity contribution in [2.45, 2.75) is 39.2 Å². The van der Waals surface area contributed by atoms with Gasteiger partial charge in [-0.25, -0.2) is 0 Å². The summed E-state index contributed by atoms with van der Waals surface area (Å²) in [4.78, 5) is 30.6. The molecule has 2 heterocycles. The first kappa shape index (κ1) is 27.6. The van der Waals surface area contributed by atoms with Crippen LogP contribution in [0.1, 0.15) is 49.1 Å². The number of rotatable bonds is 8. The minimum absolute atomic E-state index is 0.0385. The lowest BCUT2D eigenvalue weighted by atomic mass is 9.85. The van der Waals surface area contributed by atoms with Crippen LogP contribution in [0.5, 0.6) is 5.75 Å². The van der Waals surface area contributed by atoms with Crippen LogP contribution in [0.15, 0.2) is 60.7 Å². The van der Waals surface area contributed by atoms with Gasteiger partial charge in [0.15, 0.2) is 0 Å². The van der Waals surface area contributed by atoms with Crippen LogP contribution in [0.2, 0.25) is 0 Å². The third-order valence-corrected chi connectivity index (χ3v) is 7.21. The molecule has 202 valence electrons. The highest BCUT2D eigenvalue weighted by molar-refractivity contribution is 6.46. The van der Waals surface area contributed by atoms with Gasteiger partial charge in [0.1, 0.15) is 18.1 Å². The normalized spacial score (nSPS) is 20.1. The van der Waals surface area contributed by atoms with Crippen LogP contribution >= 0.6 is 0 Å². The van der Waals surface area contributed by atoms with Gasteiger partial charge in [0.05, 0.1) is 24.8 Å². The molecular weight excluding hydrogens is 480 g/mol. The molecule has 38 heavy (non-hydrogen) atoms. The average molecular weight is 519 g/mol. The van der Waals surface area contributed by atoms with Gasteiger partial charge in [-0.3, -0.25) is 14.5 Å². The SMILES string of the molecule is C=CCOc1ccc(C(O)=C2C(=O)C(=O)N(CCN3CCOCC3)[C@H]2c2ccc(C(C)(C)C)cc2)c(C)c1. The van der Waals surface area contributed by atoms with Crippen LogP contribution < -0.4 is 4.74 Å². The van der Waals surface area contributed by atoms with Gasteiger partial charge in [-0.1, -0.05) is 57.7 Å². The third-order valence-electron chi connectivity index (χ3n) is 7.21. The van der Waals surface area contributed by atoms with Crippen molar-refractivity contribution in [3.8, 4) is 5.75 Å². The molecule has 2 saturated heterocycles. The van der Waals surface area contributed by atoms with E-state index in [9.17, 15) is 14.7 Å². The summed E-state index contributed by atoms with van der Waals surface area (Å²) in [5.74, 6) is -0.789. The van der Waals surface area contributed by atoms with E-state index in [0.29, 0.717) is 44.2 Å². The second kappa shape index (κ2) is 11.5. The summed E-state index contributed by atoms with van der Waals surface area (Å²) in [5.41, 5.74) is 3.26. The van der Waals surface area contributed by atoms with Gasteiger partial charge in [0.25, 0.3) is 11.7 Å². The monoisotopic (exact) mass is 518 g/mol. The molecule has 1 amide bonds. The summed E-state index contributed by atoms with van der Waals surface area (Å²) in [6.07, 6.45) is 1.66. The number of likely N-dealkylation sites (tertiary alicyclic amines) is 1. The summed E-state index contributed by atoms with van der Waals surface area (Å²) >= 11 is 0. The van der Waals surface area contributed by atoms with Crippen LogP contribution in [0.25, 0.3) is 5.76 Å². The highest BCUT2D eigenvalue weighted by Gasteiger charge is 2.46. The first-order chi connectivity index (χ1) is 18.1. The molecule has 0 aromatic heterocycles. The van der Waals surface area contributed by atoms with Crippen molar-refractivity contribution in [1.29, 1.82) is 0 Å². The molecular formula is C31H38N2O5. The topological polar surface area (TPSA) is 79.3 Å². The molecule has 4 rings (SSSR count). The molecule has 2 fully saturated rings. The number of aryl methyl sites for hydroxylation is 1. The molecule has 0 unspecified atom stereocenters. The third kappa shape index (κ3) is 5.84. The maximum absolute atomic E-state index is 13.4. The molecule has 0 radical (unpaired) electrons. The molecule has 7 heteroatoms. The number of nitrogens with zero attached hydrogens (tertiary/aromatic N) is 2. The Hall–Kier alpha value is -3.42. The van der Waals surface area contributed by atoms with Crippen molar-refractivity contribution in [1.82, 2.24) is 9.80 Å². The van der Waals surface area contributed by atoms with Gasteiger partial charge in [-0.15, -0.1) is 0 Å². The Morgan fingerprint density at radius 3 is 2.39 bits per heavy atom. The summed E-state index contributed by atoms with van der Waals surface area (Å²) in [6, 6.07) is 12.6. The van der Waals surface area contributed by atoms with E-state index < -0.39 is 17.7 Å². The van der Waals surface area contributed by atoms with Crippen LogP contribution in [0.4, 0.5) is 0 Å². The van der Waals surface area contributed by atoms with Crippen LogP contribution in [0.3, 0.4) is 0 Å². The van der Waals surface area contributed by atoms with E-state index >= 15 is 0 Å². The zero-order chi connectivity index (χ0) is 27.4. The molecule has 2 aliphatic heterocycles. The fourth-order valence-corrected chi connectivity index (χ4v) is 4.99. The summed E-state index contributed by atoms with van der Waals surface area (Å²) in [6.45, 7) is 16.2. The Bertz CT molecular complexity index is 1220. The van der Waals surface area contributed by atoms with Gasteiger partial charge in [0.2, 0.25) is 0 Å². The van der Waals surface area contributed by atoms with Crippen molar-refractivity contribution in [3.63, 3.8) is 0 Å². The number of hydrogen-bond donors (Lipinski definition) is 1. The fourth-order valence-electron chi connectivity index (χ4n) is 4.99. The maximum Gasteiger partial charge on any atom is 0.295 e. The molecule has 0 saturated carbocycles. The van der Waals surface area contributed by atoms with Crippen LogP contribution in [0, 0.1) is 6.92 Å². The smallest absolute Gasteiger partial charge is 0.295 e. The Kier molecular flexibility index (Phi) is 8.38. The molecule has 0 spiro atoms. The highest BCUT2D eigenvalue weighted by atomic mass is 16.5. The first-order valence-electron chi connectivity index (χ1n) is 13.2. The van der Waals surface area contributed by atoms with E-state index in [1.165, 1.54) is 0 Å². The Morgan fingerprint density at radius 1 is 1.11 bits per heavy atom. The number of benzene rings is 2. The second-order valence-corrected chi connectivity index (χ2v) is 10.9. The largest absolute Gasteiger partial charge is 0.507 e. The van der Waals surface area contributed by atoms with E-state index in [1.807, 2.05) is 31.2 Å². The van der Waals surface area contributed by atoms with E-state index in [0.717, 1.165) is 29.8 Å². The number of Topliss-reactive ketones (excluding diaryl/α,β-unsaturated/α-hetero) is 1. The van der Waals surface area contributed by atoms with Crippen LogP contribution in [-0.4, -0.2) is 72.6 Å². The fraction of sp³-hybridized carbons (Fsp3) is 0.419. The lowest BCUT2D eigenvalue weighted by molar-refractivity contribution is -0.140. The standard InChI is InChI=1S/C31H38N2O5/c1-6-17-38-24-11-12-25(21(2)20-24)28(34)26-27(22-7-9-23(10-8-22)31(3,4)5)33(30(36)29(26)35)14-13-32-15-18-37-19-16-32/h6-12,20,27,34H,1,13-19H2,2-5H3/t27-/m0/s1.